The summed E-state index contributed by atoms with van der Waals surface area (Å²) in [6.07, 6.45) is 2.86. The van der Waals surface area contributed by atoms with E-state index in [2.05, 4.69) is 0 Å². The number of urea groups is 1. The number of nitrogens with two attached hydrogens (primary N) is 2. The lowest BCUT2D eigenvalue weighted by molar-refractivity contribution is 0.0966. The van der Waals surface area contributed by atoms with Crippen LogP contribution in [0.25, 0.3) is 0 Å². The van der Waals surface area contributed by atoms with Crippen molar-refractivity contribution >= 4 is 28.3 Å². The van der Waals surface area contributed by atoms with Crippen molar-refractivity contribution in [3.05, 3.63) is 16.0 Å². The molecule has 1 aromatic rings. The summed E-state index contributed by atoms with van der Waals surface area (Å²) in [6.45, 7) is 0. The molecule has 0 aliphatic heterocycles. The van der Waals surface area contributed by atoms with Crippen LogP contribution < -0.4 is 16.8 Å². The molecule has 1 heterocycles. The van der Waals surface area contributed by atoms with Gasteiger partial charge in [-0.2, -0.15) is 0 Å². The van der Waals surface area contributed by atoms with Crippen LogP contribution in [0.2, 0.25) is 0 Å². The van der Waals surface area contributed by atoms with Gasteiger partial charge in [-0.3, -0.25) is 10.1 Å². The lowest BCUT2D eigenvalue weighted by Gasteiger charge is -2.02. The van der Waals surface area contributed by atoms with Crippen molar-refractivity contribution in [2.24, 2.45) is 5.73 Å². The van der Waals surface area contributed by atoms with Crippen LogP contribution in [0.15, 0.2) is 0 Å². The van der Waals surface area contributed by atoms with Gasteiger partial charge < -0.3 is 11.5 Å². The van der Waals surface area contributed by atoms with Gasteiger partial charge in [0.05, 0.1) is 10.6 Å². The van der Waals surface area contributed by atoms with E-state index in [-0.39, 0.29) is 0 Å². The van der Waals surface area contributed by atoms with Crippen LogP contribution in [-0.4, -0.2) is 11.9 Å². The largest absolute Gasteiger partial charge is 0.390 e. The number of amides is 3. The predicted octanol–water partition coefficient (Wildman–Crippen LogP) is 0.627. The fourth-order valence-corrected chi connectivity index (χ4v) is 3.01. The summed E-state index contributed by atoms with van der Waals surface area (Å²) in [7, 11) is 0. The maximum atomic E-state index is 11.6. The third-order valence-electron chi connectivity index (χ3n) is 2.41. The van der Waals surface area contributed by atoms with Crippen molar-refractivity contribution in [2.75, 3.05) is 5.73 Å². The van der Waals surface area contributed by atoms with E-state index in [9.17, 15) is 9.59 Å². The molecule has 1 aromatic heterocycles. The maximum Gasteiger partial charge on any atom is 0.319 e. The lowest BCUT2D eigenvalue weighted by atomic mass is 10.1. The summed E-state index contributed by atoms with van der Waals surface area (Å²) >= 11 is 1.42. The molecule has 3 amide bonds. The second-order valence-corrected chi connectivity index (χ2v) is 4.55. The molecule has 0 unspecified atom stereocenters. The molecule has 15 heavy (non-hydrogen) atoms. The molecular formula is C9H11N3O2S. The van der Waals surface area contributed by atoms with E-state index in [4.69, 9.17) is 11.5 Å². The van der Waals surface area contributed by atoms with Gasteiger partial charge in [0.15, 0.2) is 0 Å². The summed E-state index contributed by atoms with van der Waals surface area (Å²) < 4.78 is 0. The van der Waals surface area contributed by atoms with Crippen molar-refractivity contribution in [2.45, 2.75) is 19.3 Å². The molecule has 5 N–H and O–H groups in total. The standard InChI is InChI=1S/C9H11N3O2S/c10-7-6(8(13)12-9(11)14)4-2-1-3-5(4)15-7/h1-3,10H2,(H3,11,12,13,14). The Morgan fingerprint density at radius 1 is 1.33 bits per heavy atom. The first kappa shape index (κ1) is 9.97. The number of thiophene rings is 1. The number of carbonyl (C=O) groups excluding carboxylic acids is 2. The fourth-order valence-electron chi connectivity index (χ4n) is 1.85. The third kappa shape index (κ3) is 1.68. The molecule has 0 saturated heterocycles. The smallest absolute Gasteiger partial charge is 0.319 e. The van der Waals surface area contributed by atoms with Crippen molar-refractivity contribution in [1.82, 2.24) is 5.32 Å². The summed E-state index contributed by atoms with van der Waals surface area (Å²) in [5.41, 5.74) is 12.0. The van der Waals surface area contributed by atoms with Gasteiger partial charge in [-0.1, -0.05) is 0 Å². The SMILES string of the molecule is NC(=O)NC(=O)c1c(N)sc2c1CCC2. The molecule has 2 rings (SSSR count). The topological polar surface area (TPSA) is 98.2 Å². The Bertz CT molecular complexity index is 439. The Hall–Kier alpha value is -1.56. The second kappa shape index (κ2) is 3.54. The first-order valence-corrected chi connectivity index (χ1v) is 5.42. The van der Waals surface area contributed by atoms with E-state index in [1.165, 1.54) is 11.3 Å². The predicted molar refractivity (Wildman–Crippen MR) is 57.8 cm³/mol. The highest BCUT2D eigenvalue weighted by Crippen LogP contribution is 2.36. The number of nitrogens with one attached hydrogen (secondary N) is 1. The number of primary amides is 1. The number of nitrogen functional groups attached to an aromatic ring is 1. The van der Waals surface area contributed by atoms with Crippen molar-refractivity contribution in [3.63, 3.8) is 0 Å². The van der Waals surface area contributed by atoms with E-state index < -0.39 is 11.9 Å². The van der Waals surface area contributed by atoms with Crippen LogP contribution in [0.1, 0.15) is 27.2 Å². The van der Waals surface area contributed by atoms with Gasteiger partial charge in [0, 0.05) is 4.88 Å². The molecule has 0 atom stereocenters. The van der Waals surface area contributed by atoms with E-state index in [0.717, 1.165) is 29.7 Å². The average molecular weight is 225 g/mol. The van der Waals surface area contributed by atoms with Crippen molar-refractivity contribution < 1.29 is 9.59 Å². The molecular weight excluding hydrogens is 214 g/mol. The fraction of sp³-hybridized carbons (Fsp3) is 0.333. The average Bonchev–Trinajstić information content (AvgIpc) is 2.60. The quantitative estimate of drug-likeness (QED) is 0.653. The number of rotatable bonds is 1. The number of hydrogen-bond acceptors (Lipinski definition) is 4. The molecule has 0 bridgehead atoms. The van der Waals surface area contributed by atoms with Gasteiger partial charge in [0.2, 0.25) is 0 Å². The second-order valence-electron chi connectivity index (χ2n) is 3.41. The molecule has 0 fully saturated rings. The lowest BCUT2D eigenvalue weighted by Crippen LogP contribution is -2.35. The summed E-state index contributed by atoms with van der Waals surface area (Å²) in [5, 5.41) is 2.51. The van der Waals surface area contributed by atoms with Crippen LogP contribution in [-0.2, 0) is 12.8 Å². The first-order valence-electron chi connectivity index (χ1n) is 4.60. The first-order chi connectivity index (χ1) is 7.09. The minimum absolute atomic E-state index is 0.436. The highest BCUT2D eigenvalue weighted by Gasteiger charge is 2.25. The Kier molecular flexibility index (Phi) is 2.36. The number of carbonyl (C=O) groups is 2. The maximum absolute atomic E-state index is 11.6. The molecule has 6 heteroatoms. The zero-order valence-corrected chi connectivity index (χ0v) is 8.82. The molecule has 0 spiro atoms. The minimum atomic E-state index is -0.850. The number of aryl methyl sites for hydroxylation is 1. The molecule has 1 aliphatic rings. The van der Waals surface area contributed by atoms with Gasteiger partial charge in [0.1, 0.15) is 0 Å². The monoisotopic (exact) mass is 225 g/mol. The highest BCUT2D eigenvalue weighted by molar-refractivity contribution is 7.16. The Labute approximate surface area is 90.4 Å². The van der Waals surface area contributed by atoms with Crippen LogP contribution in [0.5, 0.6) is 0 Å². The van der Waals surface area contributed by atoms with Crippen LogP contribution in [0, 0.1) is 0 Å². The van der Waals surface area contributed by atoms with Gasteiger partial charge in [-0.15, -0.1) is 11.3 Å². The van der Waals surface area contributed by atoms with Gasteiger partial charge in [0.25, 0.3) is 5.91 Å². The number of hydrogen-bond donors (Lipinski definition) is 3. The molecule has 1 aliphatic carbocycles. The minimum Gasteiger partial charge on any atom is -0.390 e. The normalized spacial score (nSPS) is 13.6. The molecule has 80 valence electrons. The zero-order valence-electron chi connectivity index (χ0n) is 8.00. The van der Waals surface area contributed by atoms with Crippen molar-refractivity contribution in [3.8, 4) is 0 Å². The van der Waals surface area contributed by atoms with Crippen molar-refractivity contribution in [1.29, 1.82) is 0 Å². The summed E-state index contributed by atoms with van der Waals surface area (Å²) in [4.78, 5) is 23.3. The molecule has 0 aromatic carbocycles. The summed E-state index contributed by atoms with van der Waals surface area (Å²) in [6, 6.07) is -0.850. The Balaban J connectivity index is 2.35. The van der Waals surface area contributed by atoms with Crippen LogP contribution in [0.3, 0.4) is 0 Å². The number of fused-ring (bicyclic) bond motifs is 1. The summed E-state index contributed by atoms with van der Waals surface area (Å²) in [5.74, 6) is -0.487. The van der Waals surface area contributed by atoms with E-state index in [1.54, 1.807) is 0 Å². The Morgan fingerprint density at radius 2 is 2.07 bits per heavy atom. The van der Waals surface area contributed by atoms with Crippen LogP contribution in [0.4, 0.5) is 9.80 Å². The van der Waals surface area contributed by atoms with E-state index in [1.807, 2.05) is 5.32 Å². The van der Waals surface area contributed by atoms with E-state index in [0.29, 0.717) is 10.6 Å². The van der Waals surface area contributed by atoms with Gasteiger partial charge >= 0.3 is 6.03 Å². The highest BCUT2D eigenvalue weighted by atomic mass is 32.1. The van der Waals surface area contributed by atoms with E-state index >= 15 is 0 Å². The molecule has 5 nitrogen and oxygen atoms in total. The third-order valence-corrected chi connectivity index (χ3v) is 3.53. The van der Waals surface area contributed by atoms with Crippen LogP contribution >= 0.6 is 11.3 Å². The van der Waals surface area contributed by atoms with Gasteiger partial charge in [-0.25, -0.2) is 4.79 Å². The molecule has 0 radical (unpaired) electrons. The zero-order chi connectivity index (χ0) is 11.0. The number of imide groups is 1. The molecule has 0 saturated carbocycles. The Morgan fingerprint density at radius 3 is 2.73 bits per heavy atom. The number of anilines is 1. The van der Waals surface area contributed by atoms with Gasteiger partial charge in [-0.05, 0) is 24.8 Å².